The van der Waals surface area contributed by atoms with E-state index < -0.39 is 6.10 Å². The van der Waals surface area contributed by atoms with Gasteiger partial charge in [0.1, 0.15) is 0 Å². The molecule has 0 saturated heterocycles. The lowest BCUT2D eigenvalue weighted by Crippen LogP contribution is -2.25. The number of aliphatic hydroxyl groups is 2. The summed E-state index contributed by atoms with van der Waals surface area (Å²) in [6.07, 6.45) is 11.1. The van der Waals surface area contributed by atoms with Gasteiger partial charge in [-0.2, -0.15) is 0 Å². The maximum Gasteiger partial charge on any atom is 0.307 e. The highest BCUT2D eigenvalue weighted by molar-refractivity contribution is 5.76. The molecule has 5 atom stereocenters. The van der Waals surface area contributed by atoms with Gasteiger partial charge in [0.25, 0.3) is 0 Å². The number of nitrogens with one attached hydrogen (secondary N) is 1. The number of allylic oxidation sites excluding steroid dienone is 2. The number of benzene rings is 1. The molecule has 0 bridgehead atoms. The van der Waals surface area contributed by atoms with Crippen LogP contribution in [0.2, 0.25) is 0 Å². The van der Waals surface area contributed by atoms with Crippen molar-refractivity contribution >= 4 is 11.9 Å². The summed E-state index contributed by atoms with van der Waals surface area (Å²) in [7, 11) is 1.34. The number of aliphatic hydroxyl groups excluding tert-OH is 2. The Morgan fingerprint density at radius 3 is 2.85 bits per heavy atom. The van der Waals surface area contributed by atoms with E-state index in [4.69, 9.17) is 0 Å². The lowest BCUT2D eigenvalue weighted by molar-refractivity contribution is -0.140. The van der Waals surface area contributed by atoms with Crippen LogP contribution < -0.4 is 5.32 Å². The number of esters is 1. The minimum atomic E-state index is -0.555. The fraction of sp³-hybridized carbons (Fsp3) is 0.571. The maximum atomic E-state index is 11.9. The Morgan fingerprint density at radius 2 is 2.09 bits per heavy atom. The predicted molar refractivity (Wildman–Crippen MR) is 132 cm³/mol. The van der Waals surface area contributed by atoms with E-state index in [2.05, 4.69) is 22.2 Å². The van der Waals surface area contributed by atoms with Gasteiger partial charge in [0.15, 0.2) is 0 Å². The molecule has 3 N–H and O–H groups in total. The van der Waals surface area contributed by atoms with Gasteiger partial charge in [-0.15, -0.1) is 0 Å². The number of hydrogen-bond acceptors (Lipinski definition) is 5. The fourth-order valence-electron chi connectivity index (χ4n) is 5.33. The molecule has 186 valence electrons. The summed E-state index contributed by atoms with van der Waals surface area (Å²) in [6.45, 7) is 2.37. The molecular formula is C28H39NO5. The van der Waals surface area contributed by atoms with Crippen molar-refractivity contribution in [3.05, 3.63) is 59.2 Å². The number of hydrogen-bond donors (Lipinski definition) is 3. The van der Waals surface area contributed by atoms with Gasteiger partial charge in [0.05, 0.1) is 25.7 Å². The molecule has 6 nitrogen and oxygen atoms in total. The molecule has 0 aliphatic heterocycles. The number of carbonyl (C=O) groups excluding carboxylic acids is 2. The Bertz CT molecular complexity index is 893. The second-order valence-corrected chi connectivity index (χ2v) is 9.77. The molecule has 1 aromatic rings. The molecule has 2 aliphatic rings. The monoisotopic (exact) mass is 469 g/mol. The first-order valence-corrected chi connectivity index (χ1v) is 12.5. The van der Waals surface area contributed by atoms with Crippen LogP contribution in [-0.2, 0) is 20.7 Å². The molecule has 1 saturated carbocycles. The van der Waals surface area contributed by atoms with Crippen LogP contribution in [0.1, 0.15) is 56.1 Å². The van der Waals surface area contributed by atoms with Gasteiger partial charge in [-0.25, -0.2) is 0 Å². The summed E-state index contributed by atoms with van der Waals surface area (Å²) in [4.78, 5) is 22.9. The summed E-state index contributed by atoms with van der Waals surface area (Å²) < 4.78 is 4.56. The average Bonchev–Trinajstić information content (AvgIpc) is 3.31. The first kappa shape index (κ1) is 26.2. The van der Waals surface area contributed by atoms with E-state index in [0.29, 0.717) is 31.2 Å². The van der Waals surface area contributed by atoms with Crippen molar-refractivity contribution in [3.63, 3.8) is 0 Å². The molecule has 6 heteroatoms. The standard InChI is InChI=1S/C28H39NO5/c1-19-6-5-8-20(14-19)16-23(30)10-11-24-25-17-21(15-22(25)18-26(24)31)7-3-4-9-27(32)29-13-12-28(33)34-2/h5-6,8,10-11,14-15,22-26,30-31H,3-4,7,9,12-13,16-18H2,1-2H3,(H,29,32)/b11-10+/t22-,23+,24+,25-,26+/m0/s1. The smallest absolute Gasteiger partial charge is 0.307 e. The van der Waals surface area contributed by atoms with Gasteiger partial charge in [-0.05, 0) is 56.4 Å². The molecule has 34 heavy (non-hydrogen) atoms. The van der Waals surface area contributed by atoms with E-state index in [1.807, 2.05) is 37.3 Å². The number of amides is 1. The second kappa shape index (κ2) is 12.9. The fourth-order valence-corrected chi connectivity index (χ4v) is 5.33. The average molecular weight is 470 g/mol. The SMILES string of the molecule is COC(=O)CCNC(=O)CCCCC1=C[C@H]2C[C@@H](O)[C@H](/C=C/[C@@H](O)Cc3cccc(C)c3)[C@H]2C1. The zero-order chi connectivity index (χ0) is 24.5. The molecule has 0 unspecified atom stereocenters. The first-order valence-electron chi connectivity index (χ1n) is 12.5. The molecule has 0 aromatic heterocycles. The topological polar surface area (TPSA) is 95.9 Å². The highest BCUT2D eigenvalue weighted by Gasteiger charge is 2.43. The molecule has 1 fully saturated rings. The largest absolute Gasteiger partial charge is 0.469 e. The van der Waals surface area contributed by atoms with Crippen LogP contribution in [0, 0.1) is 24.7 Å². The van der Waals surface area contributed by atoms with Gasteiger partial charge in [0.2, 0.25) is 5.91 Å². The lowest BCUT2D eigenvalue weighted by Gasteiger charge is -2.19. The number of rotatable bonds is 12. The Balaban J connectivity index is 1.38. The van der Waals surface area contributed by atoms with E-state index in [1.54, 1.807) is 0 Å². The summed E-state index contributed by atoms with van der Waals surface area (Å²) in [5, 5.41) is 23.8. The maximum absolute atomic E-state index is 11.9. The Labute approximate surface area is 203 Å². The van der Waals surface area contributed by atoms with Crippen LogP contribution in [0.3, 0.4) is 0 Å². The molecular weight excluding hydrogens is 430 g/mol. The van der Waals surface area contributed by atoms with Gasteiger partial charge in [0, 0.05) is 25.3 Å². The third-order valence-corrected chi connectivity index (χ3v) is 7.06. The van der Waals surface area contributed by atoms with Gasteiger partial charge in [-0.3, -0.25) is 9.59 Å². The molecule has 1 aromatic carbocycles. The van der Waals surface area contributed by atoms with E-state index in [1.165, 1.54) is 18.2 Å². The highest BCUT2D eigenvalue weighted by atomic mass is 16.5. The van der Waals surface area contributed by atoms with Crippen molar-refractivity contribution < 1.29 is 24.5 Å². The number of aryl methyl sites for hydroxylation is 1. The zero-order valence-electron chi connectivity index (χ0n) is 20.4. The molecule has 1 amide bonds. The predicted octanol–water partition coefficient (Wildman–Crippen LogP) is 3.64. The zero-order valence-corrected chi connectivity index (χ0v) is 20.4. The minimum absolute atomic E-state index is 0.0290. The normalized spacial score (nSPS) is 24.6. The Hall–Kier alpha value is -2.44. The van der Waals surface area contributed by atoms with Crippen molar-refractivity contribution in [2.24, 2.45) is 17.8 Å². The van der Waals surface area contributed by atoms with E-state index in [0.717, 1.165) is 37.7 Å². The summed E-state index contributed by atoms with van der Waals surface area (Å²) in [5.74, 6) is 0.521. The van der Waals surface area contributed by atoms with Crippen LogP contribution in [0.4, 0.5) is 0 Å². The van der Waals surface area contributed by atoms with E-state index >= 15 is 0 Å². The molecule has 0 spiro atoms. The number of ether oxygens (including phenoxy) is 1. The van der Waals surface area contributed by atoms with E-state index in [-0.39, 0.29) is 30.3 Å². The Morgan fingerprint density at radius 1 is 1.26 bits per heavy atom. The number of carbonyl (C=O) groups is 2. The van der Waals surface area contributed by atoms with Crippen molar-refractivity contribution in [2.45, 2.75) is 70.5 Å². The summed E-state index contributed by atoms with van der Waals surface area (Å²) in [6, 6.07) is 8.18. The first-order chi connectivity index (χ1) is 16.4. The molecule has 0 heterocycles. The number of fused-ring (bicyclic) bond motifs is 1. The van der Waals surface area contributed by atoms with Crippen molar-refractivity contribution in [3.8, 4) is 0 Å². The van der Waals surface area contributed by atoms with Crippen molar-refractivity contribution in [1.82, 2.24) is 5.32 Å². The molecule has 0 radical (unpaired) electrons. The van der Waals surface area contributed by atoms with Crippen LogP contribution in [0.15, 0.2) is 48.1 Å². The van der Waals surface area contributed by atoms with Crippen molar-refractivity contribution in [2.75, 3.05) is 13.7 Å². The van der Waals surface area contributed by atoms with Gasteiger partial charge < -0.3 is 20.3 Å². The van der Waals surface area contributed by atoms with Gasteiger partial charge in [-0.1, -0.05) is 53.6 Å². The second-order valence-electron chi connectivity index (χ2n) is 9.77. The van der Waals surface area contributed by atoms with Crippen LogP contribution in [-0.4, -0.2) is 48.0 Å². The molecule has 3 rings (SSSR count). The quantitative estimate of drug-likeness (QED) is 0.247. The van der Waals surface area contributed by atoms with Crippen LogP contribution in [0.5, 0.6) is 0 Å². The van der Waals surface area contributed by atoms with Gasteiger partial charge >= 0.3 is 5.97 Å². The van der Waals surface area contributed by atoms with Crippen molar-refractivity contribution in [1.29, 1.82) is 0 Å². The highest BCUT2D eigenvalue weighted by Crippen LogP contribution is 2.48. The molecule has 2 aliphatic carbocycles. The number of unbranched alkanes of at least 4 members (excludes halogenated alkanes) is 1. The van der Waals surface area contributed by atoms with E-state index in [9.17, 15) is 19.8 Å². The lowest BCUT2D eigenvalue weighted by atomic mass is 9.88. The third-order valence-electron chi connectivity index (χ3n) is 7.06. The minimum Gasteiger partial charge on any atom is -0.469 e. The number of methoxy groups -OCH3 is 1. The summed E-state index contributed by atoms with van der Waals surface area (Å²) in [5.41, 5.74) is 3.72. The summed E-state index contributed by atoms with van der Waals surface area (Å²) >= 11 is 0. The Kier molecular flexibility index (Phi) is 9.90. The third kappa shape index (κ3) is 7.81. The van der Waals surface area contributed by atoms with Crippen LogP contribution >= 0.6 is 0 Å². The van der Waals surface area contributed by atoms with Crippen LogP contribution in [0.25, 0.3) is 0 Å².